The summed E-state index contributed by atoms with van der Waals surface area (Å²) < 4.78 is 0. The van der Waals surface area contributed by atoms with E-state index in [-0.39, 0.29) is 56.0 Å². The minimum absolute atomic E-state index is 0.0584. The summed E-state index contributed by atoms with van der Waals surface area (Å²) in [5.74, 6) is -10.1. The largest absolute Gasteiger partial charge is 0.507 e. The summed E-state index contributed by atoms with van der Waals surface area (Å²) >= 11 is 0. The number of carboxylic acids is 6. The predicted molar refractivity (Wildman–Crippen MR) is 230 cm³/mol. The first-order valence-electron chi connectivity index (χ1n) is 18.6. The molecule has 0 aliphatic rings. The van der Waals surface area contributed by atoms with E-state index in [0.29, 0.717) is 27.9 Å². The molecule has 17 nitrogen and oxygen atoms in total. The third-order valence-electron chi connectivity index (χ3n) is 8.85. The maximum Gasteiger partial charge on any atom is 0.339 e. The van der Waals surface area contributed by atoms with Gasteiger partial charge in [-0.2, -0.15) is 0 Å². The number of benzene rings is 6. The Morgan fingerprint density at radius 3 is 0.825 bits per heavy atom. The van der Waals surface area contributed by atoms with Gasteiger partial charge in [-0.1, -0.05) is 64.1 Å². The molecule has 0 radical (unpaired) electrons. The molecule has 0 amide bonds. The van der Waals surface area contributed by atoms with Crippen LogP contribution in [0.25, 0.3) is 44.5 Å². The average molecular weight is 864 g/mol. The minimum Gasteiger partial charge on any atom is -0.507 e. The Hall–Kier alpha value is -8.86. The van der Waals surface area contributed by atoms with Crippen LogP contribution in [0.1, 0.15) is 89.8 Å². The van der Waals surface area contributed by atoms with E-state index in [1.54, 1.807) is 30.3 Å². The van der Waals surface area contributed by atoms with Gasteiger partial charge < -0.3 is 56.8 Å². The molecule has 12 N–H and O–H groups in total. The first-order valence-corrected chi connectivity index (χ1v) is 18.6. The lowest BCUT2D eigenvalue weighted by Gasteiger charge is -2.14. The van der Waals surface area contributed by atoms with Crippen LogP contribution in [0.3, 0.4) is 0 Å². The Kier molecular flexibility index (Phi) is 16.1. The number of carboxylic acid groups (broad SMARTS) is 6. The second kappa shape index (κ2) is 20.9. The Bertz CT molecular complexity index is 2660. The number of phenols is 4. The van der Waals surface area contributed by atoms with E-state index in [1.807, 2.05) is 27.7 Å². The van der Waals surface area contributed by atoms with Gasteiger partial charge in [0, 0.05) is 11.3 Å². The maximum absolute atomic E-state index is 11.9. The van der Waals surface area contributed by atoms with Crippen LogP contribution in [-0.2, 0) is 0 Å². The predicted octanol–water partition coefficient (Wildman–Crippen LogP) is 8.69. The fraction of sp³-hybridized carbons (Fsp3) is 0.0870. The van der Waals surface area contributed by atoms with Gasteiger partial charge in [-0.05, 0) is 106 Å². The van der Waals surface area contributed by atoms with E-state index in [4.69, 9.17) is 26.2 Å². The van der Waals surface area contributed by atoms with Crippen molar-refractivity contribution >= 4 is 41.5 Å². The van der Waals surface area contributed by atoms with Crippen molar-refractivity contribution in [1.29, 1.82) is 0 Å². The van der Waals surface area contributed by atoms with Crippen LogP contribution in [0.2, 0.25) is 0 Å². The van der Waals surface area contributed by atoms with E-state index in [2.05, 4.69) is 0 Å². The molecule has 17 heteroatoms. The minimum atomic E-state index is -1.44. The summed E-state index contributed by atoms with van der Waals surface area (Å²) in [6.07, 6.45) is 0. The molecule has 0 atom stereocenters. The SMILES string of the molecule is CC.CC.Nc1cc(-c2ccc(C(=O)O)c(O)c2)ccc1-c1ccc(C(=O)O)c(O)c1.O=C(O)c1ccc(-c2cc(C(=O)O)c(-c3ccc(C(=O)O)c(O)c3)cc2C(=O)O)cc1O. The lowest BCUT2D eigenvalue weighted by atomic mass is 9.90. The second-order valence-electron chi connectivity index (χ2n) is 12.5. The monoisotopic (exact) mass is 863 g/mol. The molecule has 0 saturated heterocycles. The topological polar surface area (TPSA) is 331 Å². The van der Waals surface area contributed by atoms with Crippen LogP contribution in [-0.4, -0.2) is 86.9 Å². The Morgan fingerprint density at radius 2 is 0.556 bits per heavy atom. The van der Waals surface area contributed by atoms with Crippen LogP contribution >= 0.6 is 0 Å². The molecule has 6 rings (SSSR count). The van der Waals surface area contributed by atoms with E-state index in [9.17, 15) is 59.4 Å². The number of aromatic carboxylic acids is 6. The second-order valence-corrected chi connectivity index (χ2v) is 12.5. The zero-order valence-electron chi connectivity index (χ0n) is 33.8. The molecule has 0 aliphatic heterocycles. The average Bonchev–Trinajstić information content (AvgIpc) is 3.24. The van der Waals surface area contributed by atoms with E-state index in [0.717, 1.165) is 36.4 Å². The summed E-state index contributed by atoms with van der Waals surface area (Å²) in [7, 11) is 0. The fourth-order valence-electron chi connectivity index (χ4n) is 5.97. The highest BCUT2D eigenvalue weighted by Crippen LogP contribution is 2.37. The van der Waals surface area contributed by atoms with E-state index >= 15 is 0 Å². The summed E-state index contributed by atoms with van der Waals surface area (Å²) in [4.78, 5) is 68.0. The van der Waals surface area contributed by atoms with Gasteiger partial charge in [0.2, 0.25) is 0 Å². The highest BCUT2D eigenvalue weighted by atomic mass is 16.4. The normalized spacial score (nSPS) is 10.0. The molecule has 0 fully saturated rings. The van der Waals surface area contributed by atoms with E-state index < -0.39 is 58.4 Å². The van der Waals surface area contributed by atoms with Crippen molar-refractivity contribution in [2.45, 2.75) is 27.7 Å². The molecule has 0 aromatic heterocycles. The number of nitrogen functional groups attached to an aromatic ring is 1. The van der Waals surface area contributed by atoms with Gasteiger partial charge in [0.25, 0.3) is 0 Å². The first-order chi connectivity index (χ1) is 29.8. The molecule has 0 spiro atoms. The van der Waals surface area contributed by atoms with Crippen molar-refractivity contribution in [2.75, 3.05) is 5.73 Å². The zero-order chi connectivity index (χ0) is 47.5. The van der Waals surface area contributed by atoms with Gasteiger partial charge >= 0.3 is 35.8 Å². The Morgan fingerprint density at radius 1 is 0.317 bits per heavy atom. The van der Waals surface area contributed by atoms with Crippen LogP contribution in [0.4, 0.5) is 5.69 Å². The lowest BCUT2D eigenvalue weighted by molar-refractivity contribution is 0.0682. The number of anilines is 1. The smallest absolute Gasteiger partial charge is 0.339 e. The summed E-state index contributed by atoms with van der Waals surface area (Å²) in [5.41, 5.74) is 6.80. The number of carbonyl (C=O) groups is 6. The molecule has 6 aromatic rings. The third-order valence-corrected chi connectivity index (χ3v) is 8.85. The van der Waals surface area contributed by atoms with Crippen molar-refractivity contribution in [3.8, 4) is 67.5 Å². The molecule has 0 unspecified atom stereocenters. The van der Waals surface area contributed by atoms with E-state index in [1.165, 1.54) is 36.4 Å². The Labute approximate surface area is 358 Å². The van der Waals surface area contributed by atoms with Crippen molar-refractivity contribution in [1.82, 2.24) is 0 Å². The van der Waals surface area contributed by atoms with Crippen LogP contribution in [0, 0.1) is 0 Å². The van der Waals surface area contributed by atoms with Gasteiger partial charge in [-0.15, -0.1) is 0 Å². The third kappa shape index (κ3) is 11.1. The van der Waals surface area contributed by atoms with Gasteiger partial charge in [0.05, 0.1) is 11.1 Å². The molecule has 0 heterocycles. The van der Waals surface area contributed by atoms with Gasteiger partial charge in [-0.3, -0.25) is 0 Å². The van der Waals surface area contributed by atoms with Gasteiger partial charge in [0.15, 0.2) is 0 Å². The van der Waals surface area contributed by atoms with Gasteiger partial charge in [0.1, 0.15) is 45.3 Å². The standard InChI is InChI=1S/C22H14O10.C20H15NO6.2C2H6/c23-17-5-9(1-3-11(17)19(25)26)13-7-16(22(31)32)14(8-15(13)21(29)30)10-2-4-12(20(27)28)18(24)6-10;21-16-7-10(11-2-5-14(19(24)25)17(22)8-11)1-4-13(16)12-3-6-15(20(26)27)18(23)9-12;2*1-2/h1-8,23-24H,(H,25,26)(H,27,28)(H,29,30)(H,31,32);1-9,22-23H,21H2,(H,24,25)(H,26,27);2*1-2H3. The van der Waals surface area contributed by atoms with Crippen LogP contribution < -0.4 is 5.73 Å². The number of hydrogen-bond donors (Lipinski definition) is 11. The molecule has 63 heavy (non-hydrogen) atoms. The molecule has 0 aliphatic carbocycles. The number of aromatic hydroxyl groups is 4. The molecular weight excluding hydrogens is 822 g/mol. The van der Waals surface area contributed by atoms with Crippen molar-refractivity contribution in [2.24, 2.45) is 0 Å². The number of rotatable bonds is 10. The lowest BCUT2D eigenvalue weighted by Crippen LogP contribution is -2.07. The van der Waals surface area contributed by atoms with Crippen molar-refractivity contribution in [3.05, 3.63) is 137 Å². The summed E-state index contributed by atoms with van der Waals surface area (Å²) in [5, 5.41) is 95.0. The van der Waals surface area contributed by atoms with Crippen LogP contribution in [0.5, 0.6) is 23.0 Å². The fourth-order valence-corrected chi connectivity index (χ4v) is 5.97. The van der Waals surface area contributed by atoms with Crippen molar-refractivity contribution in [3.63, 3.8) is 0 Å². The molecule has 326 valence electrons. The molecule has 0 bridgehead atoms. The van der Waals surface area contributed by atoms with Crippen LogP contribution in [0.15, 0.2) is 103 Å². The van der Waals surface area contributed by atoms with Crippen molar-refractivity contribution < 1.29 is 79.8 Å². The molecule has 0 saturated carbocycles. The van der Waals surface area contributed by atoms with Gasteiger partial charge in [-0.25, -0.2) is 28.8 Å². The quantitative estimate of drug-likeness (QED) is 0.0573. The first kappa shape index (κ1) is 48.5. The zero-order valence-corrected chi connectivity index (χ0v) is 33.8. The number of hydrogen-bond acceptors (Lipinski definition) is 11. The maximum atomic E-state index is 11.9. The highest BCUT2D eigenvalue weighted by Gasteiger charge is 2.23. The Balaban J connectivity index is 0.000000314. The number of nitrogens with two attached hydrogens (primary N) is 1. The highest BCUT2D eigenvalue weighted by molar-refractivity contribution is 6.05. The summed E-state index contributed by atoms with van der Waals surface area (Å²) in [6, 6.07) is 22.1. The molecular formula is C46H41NO16. The summed E-state index contributed by atoms with van der Waals surface area (Å²) in [6.45, 7) is 8.00. The molecule has 6 aromatic carbocycles.